The Hall–Kier alpha value is -0.520. The smallest absolute Gasteiger partial charge is 0.187 e. The normalized spacial score (nSPS) is 52.1. The highest BCUT2D eigenvalue weighted by Crippen LogP contribution is 2.35. The van der Waals surface area contributed by atoms with E-state index in [0.717, 1.165) is 0 Å². The highest BCUT2D eigenvalue weighted by atomic mass is 16.7. The molecule has 1 saturated carbocycles. The molecule has 0 radical (unpaired) electrons. The maximum Gasteiger partial charge on any atom is 0.187 e. The lowest BCUT2D eigenvalue weighted by molar-refractivity contribution is -0.317. The largest absolute Gasteiger partial charge is 0.391 e. The van der Waals surface area contributed by atoms with Crippen LogP contribution in [0.5, 0.6) is 0 Å². The summed E-state index contributed by atoms with van der Waals surface area (Å²) in [7, 11) is 0. The first-order chi connectivity index (χ1) is 15.5. The van der Waals surface area contributed by atoms with Gasteiger partial charge in [-0.2, -0.15) is 0 Å². The minimum atomic E-state index is -1.45. The second-order valence-electron chi connectivity index (χ2n) is 9.29. The fraction of sp³-hybridized carbons (Fsp3) is 1.00. The molecule has 33 heavy (non-hydrogen) atoms. The molecular formula is C20H39N3O10. The minimum absolute atomic E-state index is 0.0476. The zero-order valence-corrected chi connectivity index (χ0v) is 18.8. The van der Waals surface area contributed by atoms with Crippen molar-refractivity contribution >= 4 is 0 Å². The Morgan fingerprint density at radius 1 is 0.879 bits per heavy atom. The average molecular weight is 482 g/mol. The van der Waals surface area contributed by atoms with Crippen molar-refractivity contribution in [2.24, 2.45) is 23.1 Å². The molecular weight excluding hydrogens is 442 g/mol. The van der Waals surface area contributed by atoms with Gasteiger partial charge in [0.25, 0.3) is 0 Å². The summed E-state index contributed by atoms with van der Waals surface area (Å²) in [6.45, 7) is 3.23. The van der Waals surface area contributed by atoms with Gasteiger partial charge in [0.15, 0.2) is 12.6 Å². The molecule has 3 fully saturated rings. The Morgan fingerprint density at radius 3 is 2.06 bits per heavy atom. The average Bonchev–Trinajstić information content (AvgIpc) is 3.05. The molecule has 0 bridgehead atoms. The molecule has 13 nitrogen and oxygen atoms in total. The molecule has 0 aromatic carbocycles. The van der Waals surface area contributed by atoms with E-state index < -0.39 is 85.7 Å². The van der Waals surface area contributed by atoms with Crippen molar-refractivity contribution in [3.8, 4) is 0 Å². The van der Waals surface area contributed by atoms with Crippen LogP contribution in [0, 0.1) is 5.92 Å². The number of rotatable bonds is 7. The first-order valence-electron chi connectivity index (χ1n) is 11.4. The predicted molar refractivity (Wildman–Crippen MR) is 112 cm³/mol. The van der Waals surface area contributed by atoms with Crippen LogP contribution in [0.1, 0.15) is 26.7 Å². The third-order valence-corrected chi connectivity index (χ3v) is 6.96. The summed E-state index contributed by atoms with van der Waals surface area (Å²) in [5.74, 6) is -0.239. The lowest BCUT2D eigenvalue weighted by Crippen LogP contribution is -2.67. The standard InChI is InChI=1S/C20H39N3O10/c1-3-7-4-8(22)17(32-19-10(23)13(27)14(28)16(31-19)6(2)24)18(11(7)25)33-20-15(29)12(26)9(5-21)30-20/h6-20,24-29H,3-5,21-23H2,1-2H3/t6-,7-,8?,9-,10?,11?,12+,13-,14+,15?,16?,17-,18-,19-,20+/m1/s1. The van der Waals surface area contributed by atoms with Gasteiger partial charge in [0.1, 0.15) is 48.8 Å². The van der Waals surface area contributed by atoms with Gasteiger partial charge in [-0.25, -0.2) is 0 Å². The molecule has 194 valence electrons. The summed E-state index contributed by atoms with van der Waals surface area (Å²) >= 11 is 0. The Morgan fingerprint density at radius 2 is 1.52 bits per heavy atom. The molecule has 5 unspecified atom stereocenters. The molecule has 13 heteroatoms. The molecule has 2 aliphatic heterocycles. The monoisotopic (exact) mass is 481 g/mol. The number of aliphatic hydroxyl groups is 6. The molecule has 0 aromatic heterocycles. The van der Waals surface area contributed by atoms with E-state index in [1.54, 1.807) is 0 Å². The van der Waals surface area contributed by atoms with E-state index in [2.05, 4.69) is 0 Å². The topological polar surface area (TPSA) is 236 Å². The van der Waals surface area contributed by atoms with Gasteiger partial charge in [-0.3, -0.25) is 0 Å². The van der Waals surface area contributed by atoms with Crippen LogP contribution in [0.3, 0.4) is 0 Å². The molecule has 1 aliphatic carbocycles. The van der Waals surface area contributed by atoms with Crippen molar-refractivity contribution in [1.82, 2.24) is 0 Å². The maximum atomic E-state index is 11.0. The van der Waals surface area contributed by atoms with Gasteiger partial charge in [-0.05, 0) is 19.3 Å². The second-order valence-corrected chi connectivity index (χ2v) is 9.29. The predicted octanol–water partition coefficient (Wildman–Crippen LogP) is -4.56. The van der Waals surface area contributed by atoms with Crippen LogP contribution in [-0.4, -0.2) is 123 Å². The van der Waals surface area contributed by atoms with Gasteiger partial charge in [0, 0.05) is 12.6 Å². The van der Waals surface area contributed by atoms with E-state index in [1.807, 2.05) is 6.92 Å². The van der Waals surface area contributed by atoms with Crippen molar-refractivity contribution in [1.29, 1.82) is 0 Å². The summed E-state index contributed by atoms with van der Waals surface area (Å²) in [6.07, 6.45) is -13.5. The van der Waals surface area contributed by atoms with E-state index >= 15 is 0 Å². The molecule has 2 saturated heterocycles. The van der Waals surface area contributed by atoms with Crippen molar-refractivity contribution in [3.05, 3.63) is 0 Å². The molecule has 0 aromatic rings. The Bertz CT molecular complexity index is 633. The van der Waals surface area contributed by atoms with Gasteiger partial charge < -0.3 is 66.8 Å². The molecule has 3 rings (SSSR count). The first kappa shape index (κ1) is 27.1. The third-order valence-electron chi connectivity index (χ3n) is 6.96. The van der Waals surface area contributed by atoms with Crippen molar-refractivity contribution in [2.45, 2.75) is 112 Å². The van der Waals surface area contributed by atoms with Crippen molar-refractivity contribution in [3.63, 3.8) is 0 Å². The molecule has 2 heterocycles. The van der Waals surface area contributed by atoms with Crippen LogP contribution >= 0.6 is 0 Å². The molecule has 3 aliphatic rings. The number of hydrogen-bond donors (Lipinski definition) is 9. The summed E-state index contributed by atoms with van der Waals surface area (Å²) in [6, 6.07) is -1.83. The van der Waals surface area contributed by atoms with Crippen LogP contribution in [0.25, 0.3) is 0 Å². The Balaban J connectivity index is 1.81. The molecule has 12 N–H and O–H groups in total. The van der Waals surface area contributed by atoms with E-state index in [1.165, 1.54) is 6.92 Å². The van der Waals surface area contributed by atoms with Gasteiger partial charge in [-0.15, -0.1) is 0 Å². The lowest BCUT2D eigenvalue weighted by Gasteiger charge is -2.48. The number of ether oxygens (including phenoxy) is 4. The van der Waals surface area contributed by atoms with Crippen LogP contribution in [0.4, 0.5) is 0 Å². The number of hydrogen-bond acceptors (Lipinski definition) is 13. The molecule has 0 amide bonds. The Kier molecular flexibility index (Phi) is 9.05. The quantitative estimate of drug-likeness (QED) is 0.167. The fourth-order valence-electron chi connectivity index (χ4n) is 4.84. The number of nitrogens with two attached hydrogens (primary N) is 3. The van der Waals surface area contributed by atoms with Crippen molar-refractivity contribution in [2.75, 3.05) is 6.54 Å². The van der Waals surface area contributed by atoms with Gasteiger partial charge in [-0.1, -0.05) is 13.3 Å². The fourth-order valence-corrected chi connectivity index (χ4v) is 4.84. The summed E-state index contributed by atoms with van der Waals surface area (Å²) in [5, 5.41) is 61.8. The third kappa shape index (κ3) is 5.35. The lowest BCUT2D eigenvalue weighted by atomic mass is 9.78. The second kappa shape index (κ2) is 11.0. The highest BCUT2D eigenvalue weighted by molar-refractivity contribution is 5.00. The van der Waals surface area contributed by atoms with Crippen LogP contribution in [0.2, 0.25) is 0 Å². The van der Waals surface area contributed by atoms with Gasteiger partial charge in [0.05, 0.1) is 18.2 Å². The zero-order chi connectivity index (χ0) is 24.6. The van der Waals surface area contributed by atoms with Crippen molar-refractivity contribution < 1.29 is 49.6 Å². The maximum absolute atomic E-state index is 11.0. The van der Waals surface area contributed by atoms with Gasteiger partial charge in [0.2, 0.25) is 0 Å². The van der Waals surface area contributed by atoms with Crippen LogP contribution in [0.15, 0.2) is 0 Å². The SMILES string of the molecule is CC[C@@H]1CC(N)[C@@H](O[C@H]2OC([C@@H](C)O)[C@@H](O)[C@H](O)C2N)[C@H](O[C@@H]2O[C@H](CN)[C@H](O)C2O)C1O. The van der Waals surface area contributed by atoms with Gasteiger partial charge >= 0.3 is 0 Å². The van der Waals surface area contributed by atoms with E-state index in [4.69, 9.17) is 36.1 Å². The highest BCUT2D eigenvalue weighted by Gasteiger charge is 2.52. The van der Waals surface area contributed by atoms with E-state index in [-0.39, 0.29) is 12.5 Å². The first-order valence-corrected chi connectivity index (χ1v) is 11.4. The molecule has 0 spiro atoms. The van der Waals surface area contributed by atoms with E-state index in [0.29, 0.717) is 12.8 Å². The van der Waals surface area contributed by atoms with E-state index in [9.17, 15) is 30.6 Å². The van der Waals surface area contributed by atoms with Crippen LogP contribution < -0.4 is 17.2 Å². The summed E-state index contributed by atoms with van der Waals surface area (Å²) in [4.78, 5) is 0. The summed E-state index contributed by atoms with van der Waals surface area (Å²) in [5.41, 5.74) is 17.9. The summed E-state index contributed by atoms with van der Waals surface area (Å²) < 4.78 is 23.0. The van der Waals surface area contributed by atoms with Crippen LogP contribution in [-0.2, 0) is 18.9 Å². The molecule has 15 atom stereocenters. The minimum Gasteiger partial charge on any atom is -0.391 e. The zero-order valence-electron chi connectivity index (χ0n) is 18.8. The number of aliphatic hydroxyl groups excluding tert-OH is 6. The Labute approximate surface area is 192 Å².